The van der Waals surface area contributed by atoms with Gasteiger partial charge < -0.3 is 19.8 Å². The van der Waals surface area contributed by atoms with Gasteiger partial charge >= 0.3 is 0 Å². The van der Waals surface area contributed by atoms with Gasteiger partial charge in [-0.2, -0.15) is 0 Å². The Kier molecular flexibility index (Phi) is 5.09. The summed E-state index contributed by atoms with van der Waals surface area (Å²) in [6.45, 7) is 2.73. The first kappa shape index (κ1) is 15.9. The second-order valence-electron chi connectivity index (χ2n) is 5.05. The van der Waals surface area contributed by atoms with Crippen LogP contribution in [-0.2, 0) is 6.54 Å². The average Bonchev–Trinajstić information content (AvgIpc) is 2.55. The number of pyridine rings is 1. The number of anilines is 1. The van der Waals surface area contributed by atoms with Crippen LogP contribution < -0.4 is 20.8 Å². The molecule has 0 aliphatic carbocycles. The van der Waals surface area contributed by atoms with Crippen molar-refractivity contribution in [2.75, 3.05) is 20.0 Å². The van der Waals surface area contributed by atoms with Gasteiger partial charge in [0.1, 0.15) is 0 Å². The number of nitrogen functional groups attached to an aromatic ring is 1. The quantitative estimate of drug-likeness (QED) is 0.891. The summed E-state index contributed by atoms with van der Waals surface area (Å²) in [5, 5.41) is 0. The van der Waals surface area contributed by atoms with Crippen LogP contribution in [0.15, 0.2) is 35.1 Å². The van der Waals surface area contributed by atoms with Crippen molar-refractivity contribution in [2.24, 2.45) is 0 Å². The normalized spacial score (nSPS) is 10.5. The summed E-state index contributed by atoms with van der Waals surface area (Å²) in [7, 11) is 3.19. The molecule has 2 N–H and O–H groups in total. The van der Waals surface area contributed by atoms with Gasteiger partial charge in [-0.15, -0.1) is 0 Å². The van der Waals surface area contributed by atoms with Gasteiger partial charge in [0.15, 0.2) is 11.5 Å². The predicted octanol–water partition coefficient (Wildman–Crippen LogP) is 2.91. The van der Waals surface area contributed by atoms with Crippen molar-refractivity contribution in [1.29, 1.82) is 0 Å². The minimum absolute atomic E-state index is 0.152. The Balaban J connectivity index is 2.56. The summed E-state index contributed by atoms with van der Waals surface area (Å²) < 4.78 is 12.3. The molecule has 0 bridgehead atoms. The number of hydrogen-bond donors (Lipinski definition) is 1. The number of ether oxygens (including phenoxy) is 2. The molecule has 2 rings (SSSR count). The van der Waals surface area contributed by atoms with Gasteiger partial charge in [0.2, 0.25) is 0 Å². The van der Waals surface area contributed by atoms with Gasteiger partial charge in [0.05, 0.1) is 25.6 Å². The third-order valence-corrected chi connectivity index (χ3v) is 3.62. The van der Waals surface area contributed by atoms with Crippen molar-refractivity contribution in [3.05, 3.63) is 40.7 Å². The second-order valence-corrected chi connectivity index (χ2v) is 5.05. The van der Waals surface area contributed by atoms with E-state index in [4.69, 9.17) is 15.2 Å². The number of unbranched alkanes of at least 4 members (excludes halogenated alkanes) is 1. The molecule has 0 saturated carbocycles. The lowest BCUT2D eigenvalue weighted by Crippen LogP contribution is -2.24. The summed E-state index contributed by atoms with van der Waals surface area (Å²) >= 11 is 0. The van der Waals surface area contributed by atoms with Crippen LogP contribution in [0, 0.1) is 0 Å². The Bertz CT molecular complexity index is 708. The molecule has 0 spiro atoms. The number of nitrogens with two attached hydrogens (primary N) is 1. The maximum atomic E-state index is 12.3. The van der Waals surface area contributed by atoms with Gasteiger partial charge in [0.25, 0.3) is 5.56 Å². The monoisotopic (exact) mass is 302 g/mol. The van der Waals surface area contributed by atoms with Crippen LogP contribution in [0.4, 0.5) is 5.69 Å². The Morgan fingerprint density at radius 1 is 1.09 bits per heavy atom. The highest BCUT2D eigenvalue weighted by Crippen LogP contribution is 2.32. The van der Waals surface area contributed by atoms with Crippen molar-refractivity contribution in [1.82, 2.24) is 4.57 Å². The standard InChI is InChI=1S/C17H22N2O3/c1-4-5-10-19-14(8-7-13(18)17(19)20)12-6-9-15(21-2)16(11-12)22-3/h6-9,11H,4-5,10,18H2,1-3H3. The first-order chi connectivity index (χ1) is 10.6. The molecule has 0 saturated heterocycles. The van der Waals surface area contributed by atoms with E-state index in [1.807, 2.05) is 24.3 Å². The minimum Gasteiger partial charge on any atom is -0.493 e. The molecule has 0 fully saturated rings. The van der Waals surface area contributed by atoms with Crippen molar-refractivity contribution in [3.63, 3.8) is 0 Å². The summed E-state index contributed by atoms with van der Waals surface area (Å²) in [4.78, 5) is 12.3. The van der Waals surface area contributed by atoms with Crippen LogP contribution in [0.5, 0.6) is 11.5 Å². The molecular weight excluding hydrogens is 280 g/mol. The van der Waals surface area contributed by atoms with E-state index in [2.05, 4.69) is 6.92 Å². The molecule has 1 heterocycles. The first-order valence-electron chi connectivity index (χ1n) is 7.34. The zero-order valence-electron chi connectivity index (χ0n) is 13.3. The molecule has 0 atom stereocenters. The minimum atomic E-state index is -0.152. The fraction of sp³-hybridized carbons (Fsp3) is 0.353. The van der Waals surface area contributed by atoms with Crippen LogP contribution >= 0.6 is 0 Å². The van der Waals surface area contributed by atoms with Gasteiger partial charge in [-0.05, 0) is 36.8 Å². The van der Waals surface area contributed by atoms with Crippen LogP contribution in [0.1, 0.15) is 19.8 Å². The summed E-state index contributed by atoms with van der Waals surface area (Å²) in [6, 6.07) is 9.13. The van der Waals surface area contributed by atoms with Gasteiger partial charge in [0, 0.05) is 12.1 Å². The Morgan fingerprint density at radius 2 is 1.82 bits per heavy atom. The van der Waals surface area contributed by atoms with E-state index in [-0.39, 0.29) is 11.2 Å². The van der Waals surface area contributed by atoms with E-state index in [0.29, 0.717) is 18.0 Å². The van der Waals surface area contributed by atoms with Crippen LogP contribution in [0.3, 0.4) is 0 Å². The van der Waals surface area contributed by atoms with Gasteiger partial charge in [-0.1, -0.05) is 13.3 Å². The molecule has 0 radical (unpaired) electrons. The molecule has 0 aliphatic rings. The van der Waals surface area contributed by atoms with Gasteiger partial charge in [-0.25, -0.2) is 0 Å². The molecule has 22 heavy (non-hydrogen) atoms. The molecule has 0 amide bonds. The Labute approximate surface area is 130 Å². The highest BCUT2D eigenvalue weighted by molar-refractivity contribution is 5.65. The van der Waals surface area contributed by atoms with Crippen molar-refractivity contribution < 1.29 is 9.47 Å². The maximum absolute atomic E-state index is 12.3. The predicted molar refractivity (Wildman–Crippen MR) is 88.6 cm³/mol. The molecule has 1 aromatic heterocycles. The highest BCUT2D eigenvalue weighted by atomic mass is 16.5. The van der Waals surface area contributed by atoms with E-state index in [1.165, 1.54) is 0 Å². The first-order valence-corrected chi connectivity index (χ1v) is 7.34. The zero-order valence-corrected chi connectivity index (χ0v) is 13.3. The van der Waals surface area contributed by atoms with E-state index < -0.39 is 0 Å². The third kappa shape index (κ3) is 3.08. The fourth-order valence-corrected chi connectivity index (χ4v) is 2.38. The van der Waals surface area contributed by atoms with Gasteiger partial charge in [-0.3, -0.25) is 4.79 Å². The molecule has 118 valence electrons. The van der Waals surface area contributed by atoms with Crippen molar-refractivity contribution in [2.45, 2.75) is 26.3 Å². The number of nitrogens with zero attached hydrogens (tertiary/aromatic N) is 1. The lowest BCUT2D eigenvalue weighted by Gasteiger charge is -2.15. The van der Waals surface area contributed by atoms with E-state index in [0.717, 1.165) is 24.1 Å². The average molecular weight is 302 g/mol. The SMILES string of the molecule is CCCCn1c(-c2ccc(OC)c(OC)c2)ccc(N)c1=O. The van der Waals surface area contributed by atoms with Crippen LogP contribution in [0.2, 0.25) is 0 Å². The maximum Gasteiger partial charge on any atom is 0.274 e. The van der Waals surface area contributed by atoms with Crippen LogP contribution in [0.25, 0.3) is 11.3 Å². The smallest absolute Gasteiger partial charge is 0.274 e. The summed E-state index contributed by atoms with van der Waals surface area (Å²) in [6.07, 6.45) is 1.93. The molecule has 1 aromatic carbocycles. The lowest BCUT2D eigenvalue weighted by atomic mass is 10.1. The Morgan fingerprint density at radius 3 is 2.45 bits per heavy atom. The lowest BCUT2D eigenvalue weighted by molar-refractivity contribution is 0.355. The van der Waals surface area contributed by atoms with Crippen LogP contribution in [-0.4, -0.2) is 18.8 Å². The van der Waals surface area contributed by atoms with E-state index in [9.17, 15) is 4.79 Å². The molecule has 0 unspecified atom stereocenters. The topological polar surface area (TPSA) is 66.5 Å². The largest absolute Gasteiger partial charge is 0.493 e. The molecule has 0 aliphatic heterocycles. The third-order valence-electron chi connectivity index (χ3n) is 3.62. The Hall–Kier alpha value is -2.43. The molecule has 5 heteroatoms. The number of benzene rings is 1. The summed E-state index contributed by atoms with van der Waals surface area (Å²) in [5.41, 5.74) is 7.60. The fourth-order valence-electron chi connectivity index (χ4n) is 2.38. The number of methoxy groups -OCH3 is 2. The number of rotatable bonds is 6. The molecule has 2 aromatic rings. The zero-order chi connectivity index (χ0) is 16.1. The second kappa shape index (κ2) is 7.02. The number of aromatic nitrogens is 1. The molecule has 5 nitrogen and oxygen atoms in total. The summed E-state index contributed by atoms with van der Waals surface area (Å²) in [5.74, 6) is 1.29. The highest BCUT2D eigenvalue weighted by Gasteiger charge is 2.11. The van der Waals surface area contributed by atoms with Crippen molar-refractivity contribution >= 4 is 5.69 Å². The van der Waals surface area contributed by atoms with Crippen molar-refractivity contribution in [3.8, 4) is 22.8 Å². The van der Waals surface area contributed by atoms with E-state index in [1.54, 1.807) is 24.9 Å². The van der Waals surface area contributed by atoms with E-state index >= 15 is 0 Å². The number of hydrogen-bond acceptors (Lipinski definition) is 4. The molecular formula is C17H22N2O3.